The van der Waals surface area contributed by atoms with E-state index in [1.54, 1.807) is 31.5 Å². The fraction of sp³-hybridized carbons (Fsp3) is 0.308. The van der Waals surface area contributed by atoms with E-state index in [2.05, 4.69) is 39.7 Å². The second-order valence-electron chi connectivity index (χ2n) is 8.39. The molecule has 10 nitrogen and oxygen atoms in total. The van der Waals surface area contributed by atoms with Crippen LogP contribution in [0, 0.1) is 5.92 Å². The predicted octanol–water partition coefficient (Wildman–Crippen LogP) is 3.44. The van der Waals surface area contributed by atoms with E-state index in [0.29, 0.717) is 35.3 Å². The number of aromatic amines is 1. The number of imidazole rings is 1. The number of nitrogens with zero attached hydrogens (tertiary/aromatic N) is 2. The van der Waals surface area contributed by atoms with Crippen molar-refractivity contribution in [2.75, 3.05) is 13.7 Å². The molecular weight excluding hydrogens is 462 g/mol. The van der Waals surface area contributed by atoms with E-state index < -0.39 is 18.0 Å². The molecule has 1 heterocycles. The highest BCUT2D eigenvalue weighted by atomic mass is 16.5. The summed E-state index contributed by atoms with van der Waals surface area (Å²) in [7, 11) is 1.56. The third-order valence-electron chi connectivity index (χ3n) is 4.95. The maximum atomic E-state index is 12.8. The van der Waals surface area contributed by atoms with E-state index in [9.17, 15) is 9.59 Å². The van der Waals surface area contributed by atoms with Crippen molar-refractivity contribution in [3.8, 4) is 11.5 Å². The molecule has 3 N–H and O–H groups in total. The minimum absolute atomic E-state index is 0.0853. The summed E-state index contributed by atoms with van der Waals surface area (Å²) in [5.41, 5.74) is 4.67. The van der Waals surface area contributed by atoms with Crippen LogP contribution in [0.2, 0.25) is 0 Å². The van der Waals surface area contributed by atoms with Gasteiger partial charge in [-0.15, -0.1) is 0 Å². The number of rotatable bonds is 12. The number of hydrogen-bond donors (Lipinski definition) is 3. The number of carbonyl (C=O) groups is 2. The molecule has 2 aromatic carbocycles. The number of hydrazone groups is 1. The average Bonchev–Trinajstić information content (AvgIpc) is 3.40. The first-order chi connectivity index (χ1) is 17.4. The quantitative estimate of drug-likeness (QED) is 0.262. The van der Waals surface area contributed by atoms with Crippen LogP contribution in [0.4, 0.5) is 4.79 Å². The van der Waals surface area contributed by atoms with Crippen molar-refractivity contribution >= 4 is 18.2 Å². The van der Waals surface area contributed by atoms with Gasteiger partial charge >= 0.3 is 6.09 Å². The molecule has 0 fully saturated rings. The monoisotopic (exact) mass is 493 g/mol. The topological polar surface area (TPSA) is 127 Å². The molecule has 0 unspecified atom stereocenters. The zero-order valence-corrected chi connectivity index (χ0v) is 20.6. The number of ether oxygens (including phenoxy) is 3. The zero-order chi connectivity index (χ0) is 25.8. The Morgan fingerprint density at radius 1 is 1.14 bits per heavy atom. The minimum Gasteiger partial charge on any atom is -0.493 e. The molecule has 3 rings (SSSR count). The number of methoxy groups -OCH3 is 1. The van der Waals surface area contributed by atoms with E-state index in [1.807, 2.05) is 30.3 Å². The molecule has 0 spiro atoms. The summed E-state index contributed by atoms with van der Waals surface area (Å²) >= 11 is 0. The first kappa shape index (κ1) is 26.3. The van der Waals surface area contributed by atoms with Crippen molar-refractivity contribution < 1.29 is 23.8 Å². The van der Waals surface area contributed by atoms with Crippen LogP contribution in [0.3, 0.4) is 0 Å². The first-order valence-corrected chi connectivity index (χ1v) is 11.5. The largest absolute Gasteiger partial charge is 0.493 e. The van der Waals surface area contributed by atoms with Crippen molar-refractivity contribution in [1.29, 1.82) is 0 Å². The van der Waals surface area contributed by atoms with Crippen LogP contribution in [0.15, 0.2) is 66.2 Å². The van der Waals surface area contributed by atoms with Crippen LogP contribution in [0.25, 0.3) is 0 Å². The van der Waals surface area contributed by atoms with Crippen LogP contribution in [0.1, 0.15) is 30.7 Å². The lowest BCUT2D eigenvalue weighted by atomic mass is 10.1. The second-order valence-corrected chi connectivity index (χ2v) is 8.39. The molecule has 0 saturated carbocycles. The zero-order valence-electron chi connectivity index (χ0n) is 20.6. The second kappa shape index (κ2) is 13.5. The molecule has 0 saturated heterocycles. The Balaban J connectivity index is 1.60. The van der Waals surface area contributed by atoms with Crippen LogP contribution >= 0.6 is 0 Å². The molecule has 1 atom stereocenters. The maximum Gasteiger partial charge on any atom is 0.408 e. The summed E-state index contributed by atoms with van der Waals surface area (Å²) in [5, 5.41) is 6.62. The van der Waals surface area contributed by atoms with Crippen molar-refractivity contribution in [3.63, 3.8) is 0 Å². The van der Waals surface area contributed by atoms with Gasteiger partial charge < -0.3 is 24.5 Å². The van der Waals surface area contributed by atoms with Crippen molar-refractivity contribution in [2.45, 2.75) is 32.9 Å². The van der Waals surface area contributed by atoms with E-state index in [-0.39, 0.29) is 13.0 Å². The molecule has 0 aliphatic carbocycles. The normalized spacial score (nSPS) is 11.8. The van der Waals surface area contributed by atoms with Crippen molar-refractivity contribution in [3.05, 3.63) is 77.9 Å². The Labute approximate surface area is 210 Å². The standard InChI is InChI=1S/C26H31N5O5/c1-18(2)15-35-23-10-9-20(11-24(23)34-3)13-29-31-25(32)22(12-21-14-27-17-28-21)30-26(33)36-16-19-7-5-4-6-8-19/h4-11,13-14,17-18,22H,12,15-16H2,1-3H3,(H,27,28)(H,30,33)(H,31,32)/b29-13-/t22-/m1/s1. The first-order valence-electron chi connectivity index (χ1n) is 11.5. The molecule has 2 amide bonds. The van der Waals surface area contributed by atoms with E-state index in [4.69, 9.17) is 14.2 Å². The van der Waals surface area contributed by atoms with Gasteiger partial charge in [-0.05, 0) is 35.2 Å². The SMILES string of the molecule is COc1cc(/C=N\NC(=O)[C@@H](Cc2cnc[nH]2)NC(=O)OCc2ccccc2)ccc1OCC(C)C. The van der Waals surface area contributed by atoms with Gasteiger partial charge in [0.05, 0.1) is 26.3 Å². The summed E-state index contributed by atoms with van der Waals surface area (Å²) < 4.78 is 16.4. The van der Waals surface area contributed by atoms with E-state index >= 15 is 0 Å². The number of carbonyl (C=O) groups excluding carboxylic acids is 2. The number of amides is 2. The number of benzene rings is 2. The average molecular weight is 494 g/mol. The molecule has 3 aromatic rings. The van der Waals surface area contributed by atoms with Crippen LogP contribution in [-0.4, -0.2) is 47.9 Å². The lowest BCUT2D eigenvalue weighted by Crippen LogP contribution is -2.47. The van der Waals surface area contributed by atoms with Gasteiger partial charge in [0.25, 0.3) is 5.91 Å². The summed E-state index contributed by atoms with van der Waals surface area (Å²) in [6.07, 6.45) is 4.02. The van der Waals surface area contributed by atoms with Gasteiger partial charge in [0.1, 0.15) is 12.6 Å². The Morgan fingerprint density at radius 2 is 1.94 bits per heavy atom. The van der Waals surface area contributed by atoms with E-state index in [1.165, 1.54) is 12.5 Å². The fourth-order valence-electron chi connectivity index (χ4n) is 3.12. The summed E-state index contributed by atoms with van der Waals surface area (Å²) in [6.45, 7) is 4.78. The Bertz CT molecular complexity index is 1130. The molecule has 0 aliphatic rings. The highest BCUT2D eigenvalue weighted by Crippen LogP contribution is 2.28. The third kappa shape index (κ3) is 8.46. The summed E-state index contributed by atoms with van der Waals surface area (Å²) in [5.74, 6) is 1.06. The molecular formula is C26H31N5O5. The molecule has 36 heavy (non-hydrogen) atoms. The van der Waals surface area contributed by atoms with Crippen molar-refractivity contribution in [2.24, 2.45) is 11.0 Å². The molecule has 0 bridgehead atoms. The maximum absolute atomic E-state index is 12.8. The van der Waals surface area contributed by atoms with Crippen molar-refractivity contribution in [1.82, 2.24) is 20.7 Å². The van der Waals surface area contributed by atoms with E-state index in [0.717, 1.165) is 5.56 Å². The van der Waals surface area contributed by atoms with Gasteiger partial charge in [-0.3, -0.25) is 4.79 Å². The fourth-order valence-corrected chi connectivity index (χ4v) is 3.12. The highest BCUT2D eigenvalue weighted by Gasteiger charge is 2.22. The number of H-pyrrole nitrogens is 1. The molecule has 10 heteroatoms. The number of hydrogen-bond acceptors (Lipinski definition) is 7. The number of nitrogens with one attached hydrogen (secondary N) is 3. The van der Waals surface area contributed by atoms with Crippen LogP contribution in [0.5, 0.6) is 11.5 Å². The van der Waals surface area contributed by atoms with Gasteiger partial charge in [-0.2, -0.15) is 5.10 Å². The van der Waals surface area contributed by atoms with Gasteiger partial charge in [0.15, 0.2) is 11.5 Å². The highest BCUT2D eigenvalue weighted by molar-refractivity contribution is 5.87. The lowest BCUT2D eigenvalue weighted by Gasteiger charge is -2.16. The van der Waals surface area contributed by atoms with Gasteiger partial charge in [-0.1, -0.05) is 44.2 Å². The van der Waals surface area contributed by atoms with Gasteiger partial charge in [0.2, 0.25) is 0 Å². The number of aromatic nitrogens is 2. The Morgan fingerprint density at radius 3 is 2.64 bits per heavy atom. The van der Waals surface area contributed by atoms with Crippen LogP contribution < -0.4 is 20.2 Å². The third-order valence-corrected chi connectivity index (χ3v) is 4.95. The minimum atomic E-state index is -0.938. The summed E-state index contributed by atoms with van der Waals surface area (Å²) in [4.78, 5) is 32.0. The van der Waals surface area contributed by atoms with Crippen LogP contribution in [-0.2, 0) is 22.6 Å². The molecule has 190 valence electrons. The number of alkyl carbamates (subject to hydrolysis) is 1. The smallest absolute Gasteiger partial charge is 0.408 e. The molecule has 0 radical (unpaired) electrons. The Kier molecular flexibility index (Phi) is 9.87. The Hall–Kier alpha value is -4.34. The van der Waals surface area contributed by atoms with Gasteiger partial charge in [0, 0.05) is 18.3 Å². The molecule has 1 aromatic heterocycles. The molecule has 0 aliphatic heterocycles. The lowest BCUT2D eigenvalue weighted by molar-refractivity contribution is -0.123. The van der Waals surface area contributed by atoms with Gasteiger partial charge in [-0.25, -0.2) is 15.2 Å². The summed E-state index contributed by atoms with van der Waals surface area (Å²) in [6, 6.07) is 13.7. The predicted molar refractivity (Wildman–Crippen MR) is 135 cm³/mol.